The third kappa shape index (κ3) is 1.62. The first-order valence-corrected chi connectivity index (χ1v) is 4.03. The van der Waals surface area contributed by atoms with Crippen LogP contribution in [0, 0.1) is 5.13 Å². The monoisotopic (exact) mass is 190 g/mol. The van der Waals surface area contributed by atoms with Gasteiger partial charge in [-0.05, 0) is 11.4 Å². The van der Waals surface area contributed by atoms with Crippen molar-refractivity contribution in [3.8, 4) is 0 Å². The van der Waals surface area contributed by atoms with Crippen molar-refractivity contribution in [3.05, 3.63) is 22.1 Å². The fraction of sp³-hybridized carbons (Fsp3) is 0.286. The molecule has 0 spiro atoms. The first kappa shape index (κ1) is 9.15. The van der Waals surface area contributed by atoms with Gasteiger partial charge >= 0.3 is 5.97 Å². The number of ether oxygens (including phenoxy) is 1. The van der Waals surface area contributed by atoms with Crippen LogP contribution in [0.1, 0.15) is 11.7 Å². The van der Waals surface area contributed by atoms with Crippen molar-refractivity contribution in [2.45, 2.75) is 6.10 Å². The van der Waals surface area contributed by atoms with Crippen molar-refractivity contribution in [1.82, 2.24) is 0 Å². The fourth-order valence-corrected chi connectivity index (χ4v) is 1.50. The number of carbonyl (C=O) groups is 1. The standard InChI is InChI=1S/C7H7FO3S/c1-11-5(7(9)10)4-2-3-12-6(4)8/h2-3,5H,1H3,(H,9,10)/t5-/m1/s1. The molecular formula is C7H7FO3S. The van der Waals surface area contributed by atoms with Crippen LogP contribution < -0.4 is 0 Å². The Hall–Kier alpha value is -0.940. The summed E-state index contributed by atoms with van der Waals surface area (Å²) in [6, 6.07) is 1.41. The molecule has 0 saturated heterocycles. The average Bonchev–Trinajstić information content (AvgIpc) is 2.38. The molecule has 0 aliphatic rings. The Balaban J connectivity index is 2.94. The molecule has 1 atom stereocenters. The summed E-state index contributed by atoms with van der Waals surface area (Å²) >= 11 is 0.856. The van der Waals surface area contributed by atoms with Gasteiger partial charge in [0.15, 0.2) is 11.2 Å². The predicted octanol–water partition coefficient (Wildman–Crippen LogP) is 1.66. The Morgan fingerprint density at radius 2 is 2.50 bits per heavy atom. The summed E-state index contributed by atoms with van der Waals surface area (Å²) in [4.78, 5) is 10.5. The van der Waals surface area contributed by atoms with E-state index in [1.807, 2.05) is 0 Å². The van der Waals surface area contributed by atoms with E-state index in [-0.39, 0.29) is 5.56 Å². The normalized spacial score (nSPS) is 12.8. The van der Waals surface area contributed by atoms with Crippen molar-refractivity contribution >= 4 is 17.3 Å². The highest BCUT2D eigenvalue weighted by Gasteiger charge is 2.22. The molecule has 0 radical (unpaired) electrons. The number of hydrogen-bond acceptors (Lipinski definition) is 3. The zero-order valence-electron chi connectivity index (χ0n) is 6.28. The molecule has 1 aromatic rings. The minimum absolute atomic E-state index is 0.0787. The van der Waals surface area contributed by atoms with Gasteiger partial charge in [0, 0.05) is 12.7 Å². The van der Waals surface area contributed by atoms with E-state index >= 15 is 0 Å². The van der Waals surface area contributed by atoms with E-state index in [9.17, 15) is 9.18 Å². The van der Waals surface area contributed by atoms with E-state index < -0.39 is 17.2 Å². The molecule has 1 heterocycles. The van der Waals surface area contributed by atoms with Crippen LogP contribution in [0.15, 0.2) is 11.4 Å². The summed E-state index contributed by atoms with van der Waals surface area (Å²) in [5, 5.41) is 9.56. The number of rotatable bonds is 3. The molecule has 0 aliphatic carbocycles. The van der Waals surface area contributed by atoms with E-state index in [4.69, 9.17) is 5.11 Å². The Bertz CT molecular complexity index is 284. The van der Waals surface area contributed by atoms with Gasteiger partial charge in [0.1, 0.15) is 0 Å². The van der Waals surface area contributed by atoms with E-state index in [1.165, 1.54) is 18.6 Å². The highest BCUT2D eigenvalue weighted by Crippen LogP contribution is 2.24. The topological polar surface area (TPSA) is 46.5 Å². The SMILES string of the molecule is CO[C@@H](C(=O)O)c1ccsc1F. The molecule has 0 bridgehead atoms. The van der Waals surface area contributed by atoms with Gasteiger partial charge in [-0.3, -0.25) is 0 Å². The van der Waals surface area contributed by atoms with Gasteiger partial charge in [-0.1, -0.05) is 0 Å². The second-order valence-electron chi connectivity index (χ2n) is 2.10. The summed E-state index contributed by atoms with van der Waals surface area (Å²) in [6.45, 7) is 0. The number of aliphatic carboxylic acids is 1. The zero-order valence-corrected chi connectivity index (χ0v) is 7.10. The van der Waals surface area contributed by atoms with Crippen molar-refractivity contribution in [3.63, 3.8) is 0 Å². The summed E-state index contributed by atoms with van der Waals surface area (Å²) in [7, 11) is 1.23. The van der Waals surface area contributed by atoms with E-state index in [0.29, 0.717) is 0 Å². The smallest absolute Gasteiger partial charge is 0.337 e. The molecule has 0 amide bonds. The molecular weight excluding hydrogens is 183 g/mol. The van der Waals surface area contributed by atoms with Gasteiger partial charge in [-0.25, -0.2) is 4.79 Å². The summed E-state index contributed by atoms with van der Waals surface area (Å²) in [6.07, 6.45) is -1.20. The number of methoxy groups -OCH3 is 1. The van der Waals surface area contributed by atoms with E-state index in [0.717, 1.165) is 11.3 Å². The lowest BCUT2D eigenvalue weighted by atomic mass is 10.2. The highest BCUT2D eigenvalue weighted by molar-refractivity contribution is 7.08. The number of hydrogen-bond donors (Lipinski definition) is 1. The third-order valence-electron chi connectivity index (χ3n) is 1.39. The van der Waals surface area contributed by atoms with E-state index in [1.54, 1.807) is 0 Å². The van der Waals surface area contributed by atoms with Crippen LogP contribution in [0.3, 0.4) is 0 Å². The molecule has 1 aromatic heterocycles. The lowest BCUT2D eigenvalue weighted by Gasteiger charge is -2.07. The Morgan fingerprint density at radius 3 is 2.83 bits per heavy atom. The van der Waals surface area contributed by atoms with Crippen LogP contribution in [0.2, 0.25) is 0 Å². The van der Waals surface area contributed by atoms with Crippen LogP contribution in [-0.2, 0) is 9.53 Å². The molecule has 1 N–H and O–H groups in total. The van der Waals surface area contributed by atoms with Gasteiger partial charge in [0.05, 0.1) is 0 Å². The van der Waals surface area contributed by atoms with Gasteiger partial charge in [-0.15, -0.1) is 11.3 Å². The lowest BCUT2D eigenvalue weighted by Crippen LogP contribution is -2.13. The minimum Gasteiger partial charge on any atom is -0.479 e. The minimum atomic E-state index is -1.20. The van der Waals surface area contributed by atoms with Crippen molar-refractivity contribution in [1.29, 1.82) is 0 Å². The molecule has 0 saturated carbocycles. The van der Waals surface area contributed by atoms with Gasteiger partial charge in [0.2, 0.25) is 0 Å². The zero-order chi connectivity index (χ0) is 9.14. The largest absolute Gasteiger partial charge is 0.479 e. The molecule has 5 heteroatoms. The molecule has 0 aromatic carbocycles. The van der Waals surface area contributed by atoms with Gasteiger partial charge in [0.25, 0.3) is 0 Å². The van der Waals surface area contributed by atoms with Crippen molar-refractivity contribution < 1.29 is 19.0 Å². The Labute approximate surface area is 72.4 Å². The third-order valence-corrected chi connectivity index (χ3v) is 2.10. The highest BCUT2D eigenvalue weighted by atomic mass is 32.1. The van der Waals surface area contributed by atoms with Crippen molar-refractivity contribution in [2.75, 3.05) is 7.11 Å². The second-order valence-corrected chi connectivity index (χ2v) is 2.97. The molecule has 0 aliphatic heterocycles. The molecule has 12 heavy (non-hydrogen) atoms. The Kier molecular flexibility index (Phi) is 2.78. The number of thiophene rings is 1. The van der Waals surface area contributed by atoms with Crippen LogP contribution in [0.25, 0.3) is 0 Å². The van der Waals surface area contributed by atoms with Crippen LogP contribution >= 0.6 is 11.3 Å². The average molecular weight is 190 g/mol. The number of carboxylic acid groups (broad SMARTS) is 1. The second kappa shape index (κ2) is 3.64. The van der Waals surface area contributed by atoms with Gasteiger partial charge in [-0.2, -0.15) is 4.39 Å². The maximum Gasteiger partial charge on any atom is 0.337 e. The van der Waals surface area contributed by atoms with Crippen LogP contribution in [-0.4, -0.2) is 18.2 Å². The quantitative estimate of drug-likeness (QED) is 0.788. The first-order chi connectivity index (χ1) is 5.66. The van der Waals surface area contributed by atoms with Crippen LogP contribution in [0.4, 0.5) is 4.39 Å². The lowest BCUT2D eigenvalue weighted by molar-refractivity contribution is -0.149. The maximum atomic E-state index is 12.8. The van der Waals surface area contributed by atoms with Crippen LogP contribution in [0.5, 0.6) is 0 Å². The van der Waals surface area contributed by atoms with Gasteiger partial charge < -0.3 is 9.84 Å². The number of halogens is 1. The molecule has 66 valence electrons. The summed E-state index contributed by atoms with van der Waals surface area (Å²) in [5.74, 6) is -1.19. The van der Waals surface area contributed by atoms with E-state index in [2.05, 4.69) is 4.74 Å². The Morgan fingerprint density at radius 1 is 1.83 bits per heavy atom. The fourth-order valence-electron chi connectivity index (χ4n) is 0.852. The maximum absolute atomic E-state index is 12.8. The number of carboxylic acids is 1. The molecule has 0 fully saturated rings. The summed E-state index contributed by atoms with van der Waals surface area (Å²) < 4.78 is 17.4. The first-order valence-electron chi connectivity index (χ1n) is 3.15. The predicted molar refractivity (Wildman–Crippen MR) is 41.7 cm³/mol. The molecule has 1 rings (SSSR count). The molecule has 0 unspecified atom stereocenters. The summed E-state index contributed by atoms with van der Waals surface area (Å²) in [5.41, 5.74) is 0.0787. The molecule has 3 nitrogen and oxygen atoms in total. The van der Waals surface area contributed by atoms with Crippen molar-refractivity contribution in [2.24, 2.45) is 0 Å².